The van der Waals surface area contributed by atoms with Crippen molar-refractivity contribution in [2.75, 3.05) is 11.1 Å². The number of hydrogen-bond donors (Lipinski definition) is 2. The first-order chi connectivity index (χ1) is 15.4. The number of halogens is 1. The average Bonchev–Trinajstić information content (AvgIpc) is 3.31. The summed E-state index contributed by atoms with van der Waals surface area (Å²) in [6, 6.07) is 15.8. The fraction of sp³-hybridized carbons (Fsp3) is 0.174. The van der Waals surface area contributed by atoms with E-state index >= 15 is 0 Å². The standard InChI is InChI=1S/C23H21FN2O5S/c1-15(22(28)26-19-10-4-3-9-18(19)24)31-23(29)17-8-2-5-11-20(17)32-14-21(27)25-13-16-7-6-12-30-16/h2-12,15H,13-14H2,1H3,(H,25,27)(H,26,28). The third-order valence-corrected chi connectivity index (χ3v) is 5.36. The van der Waals surface area contributed by atoms with Crippen molar-refractivity contribution < 1.29 is 27.9 Å². The molecule has 0 aliphatic heterocycles. The molecular weight excluding hydrogens is 435 g/mol. The summed E-state index contributed by atoms with van der Waals surface area (Å²) in [5, 5.41) is 5.12. The van der Waals surface area contributed by atoms with E-state index < -0.39 is 23.8 Å². The quantitative estimate of drug-likeness (QED) is 0.373. The Balaban J connectivity index is 1.55. The Hall–Kier alpha value is -3.59. The number of thioether (sulfide) groups is 1. The molecule has 32 heavy (non-hydrogen) atoms. The van der Waals surface area contributed by atoms with Crippen molar-refractivity contribution in [3.63, 3.8) is 0 Å². The number of anilines is 1. The normalized spacial score (nSPS) is 11.4. The van der Waals surface area contributed by atoms with Crippen molar-refractivity contribution in [1.29, 1.82) is 0 Å². The molecule has 1 unspecified atom stereocenters. The third kappa shape index (κ3) is 6.45. The van der Waals surface area contributed by atoms with Gasteiger partial charge in [-0.3, -0.25) is 9.59 Å². The van der Waals surface area contributed by atoms with Gasteiger partial charge >= 0.3 is 5.97 Å². The van der Waals surface area contributed by atoms with Crippen LogP contribution in [0.4, 0.5) is 10.1 Å². The van der Waals surface area contributed by atoms with Gasteiger partial charge < -0.3 is 19.8 Å². The smallest absolute Gasteiger partial charge is 0.340 e. The van der Waals surface area contributed by atoms with E-state index in [1.54, 1.807) is 42.5 Å². The number of hydrogen-bond acceptors (Lipinski definition) is 6. The fourth-order valence-corrected chi connectivity index (χ4v) is 3.50. The highest BCUT2D eigenvalue weighted by Crippen LogP contribution is 2.24. The number of amides is 2. The Kier molecular flexibility index (Phi) is 8.04. The molecule has 9 heteroatoms. The van der Waals surface area contributed by atoms with Crippen LogP contribution in [-0.4, -0.2) is 29.6 Å². The van der Waals surface area contributed by atoms with Gasteiger partial charge in [0.25, 0.3) is 5.91 Å². The van der Waals surface area contributed by atoms with Gasteiger partial charge in [-0.15, -0.1) is 11.8 Å². The van der Waals surface area contributed by atoms with E-state index in [4.69, 9.17) is 9.15 Å². The summed E-state index contributed by atoms with van der Waals surface area (Å²) in [7, 11) is 0. The lowest BCUT2D eigenvalue weighted by atomic mass is 10.2. The van der Waals surface area contributed by atoms with Gasteiger partial charge in [0.1, 0.15) is 11.6 Å². The summed E-state index contributed by atoms with van der Waals surface area (Å²) in [5.74, 6) is -1.49. The van der Waals surface area contributed by atoms with Crippen LogP contribution in [0.15, 0.2) is 76.2 Å². The Morgan fingerprint density at radius 1 is 1.06 bits per heavy atom. The van der Waals surface area contributed by atoms with Crippen LogP contribution in [0.1, 0.15) is 23.0 Å². The molecule has 0 saturated carbocycles. The summed E-state index contributed by atoms with van der Waals surface area (Å²) in [4.78, 5) is 37.5. The Morgan fingerprint density at radius 2 is 1.81 bits per heavy atom. The highest BCUT2D eigenvalue weighted by molar-refractivity contribution is 8.00. The molecule has 166 valence electrons. The minimum Gasteiger partial charge on any atom is -0.467 e. The molecule has 0 bridgehead atoms. The molecule has 1 aromatic heterocycles. The van der Waals surface area contributed by atoms with E-state index in [1.165, 1.54) is 43.1 Å². The number of benzene rings is 2. The van der Waals surface area contributed by atoms with E-state index in [1.807, 2.05) is 0 Å². The zero-order chi connectivity index (χ0) is 22.9. The van der Waals surface area contributed by atoms with Crippen LogP contribution in [0.25, 0.3) is 0 Å². The van der Waals surface area contributed by atoms with Crippen molar-refractivity contribution in [1.82, 2.24) is 5.32 Å². The van der Waals surface area contributed by atoms with Crippen molar-refractivity contribution in [2.45, 2.75) is 24.5 Å². The van der Waals surface area contributed by atoms with Gasteiger partial charge in [0.05, 0.1) is 29.8 Å². The number of carbonyl (C=O) groups is 3. The molecule has 2 aromatic carbocycles. The zero-order valence-electron chi connectivity index (χ0n) is 17.2. The van der Waals surface area contributed by atoms with Crippen LogP contribution in [0.2, 0.25) is 0 Å². The van der Waals surface area contributed by atoms with Crippen molar-refractivity contribution >= 4 is 35.2 Å². The molecular formula is C23H21FN2O5S. The van der Waals surface area contributed by atoms with Gasteiger partial charge in [0.15, 0.2) is 6.10 Å². The van der Waals surface area contributed by atoms with Crippen LogP contribution >= 0.6 is 11.8 Å². The summed E-state index contributed by atoms with van der Waals surface area (Å²) in [6.07, 6.45) is 0.368. The van der Waals surface area contributed by atoms with Crippen LogP contribution in [0.3, 0.4) is 0 Å². The molecule has 1 heterocycles. The van der Waals surface area contributed by atoms with Gasteiger partial charge in [-0.25, -0.2) is 9.18 Å². The topological polar surface area (TPSA) is 97.6 Å². The maximum absolute atomic E-state index is 13.7. The molecule has 2 N–H and O–H groups in total. The third-order valence-electron chi connectivity index (χ3n) is 4.29. The maximum atomic E-state index is 13.7. The average molecular weight is 456 g/mol. The zero-order valence-corrected chi connectivity index (χ0v) is 18.0. The Bertz CT molecular complexity index is 1090. The predicted molar refractivity (Wildman–Crippen MR) is 118 cm³/mol. The van der Waals surface area contributed by atoms with Crippen LogP contribution in [0.5, 0.6) is 0 Å². The van der Waals surface area contributed by atoms with E-state index in [0.29, 0.717) is 10.7 Å². The van der Waals surface area contributed by atoms with Crippen LogP contribution in [0, 0.1) is 5.82 Å². The summed E-state index contributed by atoms with van der Waals surface area (Å²) in [5.41, 5.74) is 0.221. The lowest BCUT2D eigenvalue weighted by Gasteiger charge is -2.15. The first-order valence-corrected chi connectivity index (χ1v) is 10.7. The number of rotatable bonds is 9. The number of ether oxygens (including phenoxy) is 1. The van der Waals surface area contributed by atoms with Gasteiger partial charge in [0.2, 0.25) is 5.91 Å². The molecule has 0 aliphatic carbocycles. The second-order valence-electron chi connectivity index (χ2n) is 6.66. The second kappa shape index (κ2) is 11.1. The fourth-order valence-electron chi connectivity index (χ4n) is 2.63. The van der Waals surface area contributed by atoms with E-state index in [-0.39, 0.29) is 29.5 Å². The first kappa shape index (κ1) is 23.1. The summed E-state index contributed by atoms with van der Waals surface area (Å²) in [6.45, 7) is 1.66. The number of nitrogens with one attached hydrogen (secondary N) is 2. The summed E-state index contributed by atoms with van der Waals surface area (Å²) >= 11 is 1.17. The largest absolute Gasteiger partial charge is 0.467 e. The maximum Gasteiger partial charge on any atom is 0.340 e. The number of furan rings is 1. The second-order valence-corrected chi connectivity index (χ2v) is 7.67. The predicted octanol–water partition coefficient (Wildman–Crippen LogP) is 4.01. The first-order valence-electron chi connectivity index (χ1n) is 9.71. The number of carbonyl (C=O) groups excluding carboxylic acids is 3. The molecule has 0 fully saturated rings. The monoisotopic (exact) mass is 456 g/mol. The highest BCUT2D eigenvalue weighted by atomic mass is 32.2. The van der Waals surface area contributed by atoms with Crippen molar-refractivity contribution in [2.24, 2.45) is 0 Å². The van der Waals surface area contributed by atoms with Crippen molar-refractivity contribution in [3.05, 3.63) is 84.1 Å². The molecule has 3 aromatic rings. The lowest BCUT2D eigenvalue weighted by Crippen LogP contribution is -2.30. The molecule has 1 atom stereocenters. The molecule has 0 radical (unpaired) electrons. The van der Waals surface area contributed by atoms with Crippen molar-refractivity contribution in [3.8, 4) is 0 Å². The van der Waals surface area contributed by atoms with Gasteiger partial charge in [-0.1, -0.05) is 24.3 Å². The van der Waals surface area contributed by atoms with Crippen LogP contribution < -0.4 is 10.6 Å². The molecule has 0 spiro atoms. The van der Waals surface area contributed by atoms with Gasteiger partial charge in [-0.2, -0.15) is 0 Å². The minimum absolute atomic E-state index is 0.00286. The molecule has 2 amide bonds. The van der Waals surface area contributed by atoms with E-state index in [2.05, 4.69) is 10.6 Å². The molecule has 0 saturated heterocycles. The number of para-hydroxylation sites is 1. The Labute approximate surface area is 188 Å². The minimum atomic E-state index is -1.16. The van der Waals surface area contributed by atoms with Crippen LogP contribution in [-0.2, 0) is 20.9 Å². The highest BCUT2D eigenvalue weighted by Gasteiger charge is 2.22. The van der Waals surface area contributed by atoms with E-state index in [9.17, 15) is 18.8 Å². The Morgan fingerprint density at radius 3 is 2.56 bits per heavy atom. The SMILES string of the molecule is CC(OC(=O)c1ccccc1SCC(=O)NCc1ccco1)C(=O)Nc1ccccc1F. The van der Waals surface area contributed by atoms with E-state index in [0.717, 1.165) is 0 Å². The molecule has 3 rings (SSSR count). The molecule has 0 aliphatic rings. The number of esters is 1. The summed E-state index contributed by atoms with van der Waals surface area (Å²) < 4.78 is 24.1. The lowest BCUT2D eigenvalue weighted by molar-refractivity contribution is -0.123. The molecule has 7 nitrogen and oxygen atoms in total. The van der Waals surface area contributed by atoms with Gasteiger partial charge in [0, 0.05) is 4.90 Å². The van der Waals surface area contributed by atoms with Gasteiger partial charge in [-0.05, 0) is 43.3 Å².